The molecule has 1 aromatic carbocycles. The predicted octanol–water partition coefficient (Wildman–Crippen LogP) is 7.08. The van der Waals surface area contributed by atoms with Gasteiger partial charge in [0.15, 0.2) is 0 Å². The molecule has 1 heterocycles. The largest absolute Gasteiger partial charge is 0.257 e. The third kappa shape index (κ3) is 4.22. The summed E-state index contributed by atoms with van der Waals surface area (Å²) in [6, 6.07) is 15.0. The van der Waals surface area contributed by atoms with Gasteiger partial charge >= 0.3 is 0 Å². The van der Waals surface area contributed by atoms with E-state index in [-0.39, 0.29) is 11.3 Å². The molecular formula is C25H31N. The summed E-state index contributed by atoms with van der Waals surface area (Å²) in [6.45, 7) is 16.7. The molecule has 0 radical (unpaired) electrons. The van der Waals surface area contributed by atoms with Gasteiger partial charge in [-0.05, 0) is 55.4 Å². The van der Waals surface area contributed by atoms with Crippen LogP contribution < -0.4 is 0 Å². The van der Waals surface area contributed by atoms with E-state index in [0.29, 0.717) is 5.92 Å². The van der Waals surface area contributed by atoms with Crippen molar-refractivity contribution in [2.45, 2.75) is 45.4 Å². The smallest absolute Gasteiger partial charge is 0.0515 e. The lowest BCUT2D eigenvalue weighted by Gasteiger charge is -2.33. The van der Waals surface area contributed by atoms with Crippen LogP contribution >= 0.6 is 0 Å². The molecule has 1 heteroatoms. The van der Waals surface area contributed by atoms with E-state index in [0.717, 1.165) is 17.8 Å². The second kappa shape index (κ2) is 8.80. The fourth-order valence-corrected chi connectivity index (χ4v) is 3.43. The first-order valence-corrected chi connectivity index (χ1v) is 9.41. The van der Waals surface area contributed by atoms with Gasteiger partial charge < -0.3 is 0 Å². The highest BCUT2D eigenvalue weighted by molar-refractivity contribution is 5.64. The van der Waals surface area contributed by atoms with Crippen LogP contribution in [-0.2, 0) is 5.41 Å². The molecule has 2 aromatic rings. The minimum absolute atomic E-state index is 0.223. The molecule has 2 atom stereocenters. The van der Waals surface area contributed by atoms with Crippen molar-refractivity contribution >= 4 is 0 Å². The SMILES string of the molecule is C=CCC(C=C)C(C)(C=CC)c1cc(-c2ccccc2)cc(C(C)C)n1. The Hall–Kier alpha value is -2.41. The fourth-order valence-electron chi connectivity index (χ4n) is 3.43. The van der Waals surface area contributed by atoms with E-state index in [1.54, 1.807) is 0 Å². The predicted molar refractivity (Wildman–Crippen MR) is 114 cm³/mol. The molecule has 1 nitrogen and oxygen atoms in total. The lowest BCUT2D eigenvalue weighted by Crippen LogP contribution is -2.30. The first-order chi connectivity index (χ1) is 12.5. The van der Waals surface area contributed by atoms with Crippen molar-refractivity contribution in [2.75, 3.05) is 0 Å². The average molecular weight is 346 g/mol. The second-order valence-corrected chi connectivity index (χ2v) is 7.34. The van der Waals surface area contributed by atoms with Crippen molar-refractivity contribution in [1.82, 2.24) is 4.98 Å². The molecule has 0 saturated heterocycles. The van der Waals surface area contributed by atoms with Gasteiger partial charge in [0, 0.05) is 11.1 Å². The first-order valence-electron chi connectivity index (χ1n) is 9.41. The Bertz CT molecular complexity index is 770. The monoisotopic (exact) mass is 345 g/mol. The number of nitrogens with zero attached hydrogens (tertiary/aromatic N) is 1. The van der Waals surface area contributed by atoms with Crippen LogP contribution in [0.25, 0.3) is 11.1 Å². The molecule has 0 N–H and O–H groups in total. The van der Waals surface area contributed by atoms with E-state index >= 15 is 0 Å². The van der Waals surface area contributed by atoms with Crippen LogP contribution in [0.15, 0.2) is 79.9 Å². The Morgan fingerprint density at radius 1 is 1.08 bits per heavy atom. The zero-order valence-electron chi connectivity index (χ0n) is 16.6. The first kappa shape index (κ1) is 19.9. The summed E-state index contributed by atoms with van der Waals surface area (Å²) in [5.41, 5.74) is 4.43. The maximum absolute atomic E-state index is 5.07. The van der Waals surface area contributed by atoms with E-state index < -0.39 is 0 Å². The molecule has 26 heavy (non-hydrogen) atoms. The Labute approximate surface area is 159 Å². The summed E-state index contributed by atoms with van der Waals surface area (Å²) in [5.74, 6) is 0.614. The summed E-state index contributed by atoms with van der Waals surface area (Å²) >= 11 is 0. The summed E-state index contributed by atoms with van der Waals surface area (Å²) in [6.07, 6.45) is 9.25. The molecule has 2 unspecified atom stereocenters. The van der Waals surface area contributed by atoms with Gasteiger partial charge in [-0.1, -0.05) is 68.5 Å². The quantitative estimate of drug-likeness (QED) is 0.466. The molecule has 0 bridgehead atoms. The Morgan fingerprint density at radius 2 is 1.77 bits per heavy atom. The van der Waals surface area contributed by atoms with Gasteiger partial charge in [0.05, 0.1) is 5.69 Å². The van der Waals surface area contributed by atoms with Crippen molar-refractivity contribution < 1.29 is 0 Å². The number of hydrogen-bond acceptors (Lipinski definition) is 1. The van der Waals surface area contributed by atoms with Crippen LogP contribution in [0.3, 0.4) is 0 Å². The van der Waals surface area contributed by atoms with Crippen molar-refractivity contribution in [3.8, 4) is 11.1 Å². The molecule has 0 saturated carbocycles. The highest BCUT2D eigenvalue weighted by Gasteiger charge is 2.33. The van der Waals surface area contributed by atoms with Crippen molar-refractivity contribution in [2.24, 2.45) is 5.92 Å². The van der Waals surface area contributed by atoms with E-state index in [9.17, 15) is 0 Å². The van der Waals surface area contributed by atoms with Crippen LogP contribution in [0, 0.1) is 5.92 Å². The number of rotatable bonds is 8. The fraction of sp³-hybridized carbons (Fsp3) is 0.320. The van der Waals surface area contributed by atoms with Crippen molar-refractivity contribution in [1.29, 1.82) is 0 Å². The highest BCUT2D eigenvalue weighted by Crippen LogP contribution is 2.38. The van der Waals surface area contributed by atoms with Crippen LogP contribution in [0.2, 0.25) is 0 Å². The summed E-state index contributed by atoms with van der Waals surface area (Å²) in [4.78, 5) is 5.07. The van der Waals surface area contributed by atoms with Crippen LogP contribution in [0.4, 0.5) is 0 Å². The van der Waals surface area contributed by atoms with E-state index in [4.69, 9.17) is 4.98 Å². The van der Waals surface area contributed by atoms with E-state index in [2.05, 4.69) is 95.5 Å². The summed E-state index contributed by atoms with van der Waals surface area (Å²) in [7, 11) is 0. The zero-order chi connectivity index (χ0) is 19.2. The lowest BCUT2D eigenvalue weighted by atomic mass is 9.71. The van der Waals surface area contributed by atoms with Gasteiger partial charge in [-0.25, -0.2) is 0 Å². The van der Waals surface area contributed by atoms with E-state index in [1.165, 1.54) is 11.1 Å². The van der Waals surface area contributed by atoms with Crippen molar-refractivity contribution in [3.63, 3.8) is 0 Å². The molecule has 2 rings (SSSR count). The maximum Gasteiger partial charge on any atom is 0.0515 e. The van der Waals surface area contributed by atoms with Crippen LogP contribution in [-0.4, -0.2) is 4.98 Å². The topological polar surface area (TPSA) is 12.9 Å². The van der Waals surface area contributed by atoms with E-state index in [1.807, 2.05) is 12.2 Å². The minimum Gasteiger partial charge on any atom is -0.257 e. The molecular weight excluding hydrogens is 314 g/mol. The van der Waals surface area contributed by atoms with Gasteiger partial charge in [-0.3, -0.25) is 4.98 Å². The number of benzene rings is 1. The Morgan fingerprint density at radius 3 is 2.31 bits per heavy atom. The second-order valence-electron chi connectivity index (χ2n) is 7.34. The normalized spacial score (nSPS) is 15.0. The number of allylic oxidation sites excluding steroid dienone is 4. The van der Waals surface area contributed by atoms with Gasteiger partial charge in [-0.15, -0.1) is 13.2 Å². The molecule has 0 aliphatic carbocycles. The Balaban J connectivity index is 2.70. The van der Waals surface area contributed by atoms with Gasteiger partial charge in [0.25, 0.3) is 0 Å². The maximum atomic E-state index is 5.07. The Kier molecular flexibility index (Phi) is 6.74. The molecule has 0 fully saturated rings. The third-order valence-electron chi connectivity index (χ3n) is 5.08. The number of pyridine rings is 1. The van der Waals surface area contributed by atoms with Gasteiger partial charge in [-0.2, -0.15) is 0 Å². The van der Waals surface area contributed by atoms with Crippen molar-refractivity contribution in [3.05, 3.63) is 91.3 Å². The molecule has 0 aliphatic heterocycles. The van der Waals surface area contributed by atoms with Crippen LogP contribution in [0.5, 0.6) is 0 Å². The van der Waals surface area contributed by atoms with Gasteiger partial charge in [0.1, 0.15) is 0 Å². The zero-order valence-corrected chi connectivity index (χ0v) is 16.6. The molecule has 0 aliphatic rings. The molecule has 0 spiro atoms. The highest BCUT2D eigenvalue weighted by atomic mass is 14.7. The number of hydrogen-bond donors (Lipinski definition) is 0. The molecule has 1 aromatic heterocycles. The third-order valence-corrected chi connectivity index (χ3v) is 5.08. The summed E-state index contributed by atoms with van der Waals surface area (Å²) in [5, 5.41) is 0. The average Bonchev–Trinajstić information content (AvgIpc) is 2.66. The lowest BCUT2D eigenvalue weighted by molar-refractivity contribution is 0.421. The molecule has 136 valence electrons. The molecule has 0 amide bonds. The van der Waals surface area contributed by atoms with Crippen LogP contribution in [0.1, 0.15) is 51.4 Å². The van der Waals surface area contributed by atoms with Gasteiger partial charge in [0.2, 0.25) is 0 Å². The summed E-state index contributed by atoms with van der Waals surface area (Å²) < 4.78 is 0. The minimum atomic E-state index is -0.223. The standard InChI is InChI=1S/C25H31N/c1-7-13-22(9-3)25(6,16-8-2)24-18-21(17-23(26-24)19(4)5)20-14-11-10-12-15-20/h7-12,14-19,22H,1,3,13H2,2,4-6H3. The number of aromatic nitrogens is 1.